The highest BCUT2D eigenvalue weighted by Gasteiger charge is 2.12. The number of hydrogen-bond donors (Lipinski definition) is 2. The molecule has 0 spiro atoms. The Balaban J connectivity index is 1.82. The van der Waals surface area contributed by atoms with Crippen molar-refractivity contribution in [2.75, 3.05) is 25.4 Å². The third-order valence-corrected chi connectivity index (χ3v) is 4.36. The standard InChI is InChI=1S/C17H19NO4S/c19-16(20)10-18(11-17(21)22)7-8-23-12-13-5-6-14-3-1-2-4-15(14)9-13/h1-6,9H,7-8,10-12H2,(H,19,20)(H,21,22). The quantitative estimate of drug-likeness (QED) is 0.687. The topological polar surface area (TPSA) is 77.8 Å². The van der Waals surface area contributed by atoms with Crippen LogP contribution in [0, 0.1) is 0 Å². The van der Waals surface area contributed by atoms with Gasteiger partial charge in [-0.2, -0.15) is 11.8 Å². The van der Waals surface area contributed by atoms with Gasteiger partial charge in [0.15, 0.2) is 0 Å². The number of thioether (sulfide) groups is 1. The highest BCUT2D eigenvalue weighted by Crippen LogP contribution is 2.19. The average molecular weight is 333 g/mol. The van der Waals surface area contributed by atoms with E-state index in [9.17, 15) is 9.59 Å². The van der Waals surface area contributed by atoms with Gasteiger partial charge >= 0.3 is 11.9 Å². The predicted molar refractivity (Wildman–Crippen MR) is 91.8 cm³/mol. The number of carboxylic acids is 2. The molecule has 6 heteroatoms. The molecule has 0 radical (unpaired) electrons. The van der Waals surface area contributed by atoms with Crippen molar-refractivity contribution in [3.63, 3.8) is 0 Å². The fourth-order valence-corrected chi connectivity index (χ4v) is 3.26. The van der Waals surface area contributed by atoms with Gasteiger partial charge in [0.1, 0.15) is 0 Å². The van der Waals surface area contributed by atoms with Gasteiger partial charge in [-0.1, -0.05) is 42.5 Å². The first-order valence-corrected chi connectivity index (χ1v) is 8.41. The van der Waals surface area contributed by atoms with Crippen LogP contribution >= 0.6 is 11.8 Å². The maximum atomic E-state index is 10.7. The second kappa shape index (κ2) is 8.55. The Kier molecular flexibility index (Phi) is 6.43. The van der Waals surface area contributed by atoms with Crippen molar-refractivity contribution >= 4 is 34.5 Å². The van der Waals surface area contributed by atoms with Crippen molar-refractivity contribution in [3.8, 4) is 0 Å². The summed E-state index contributed by atoms with van der Waals surface area (Å²) in [4.78, 5) is 22.9. The Morgan fingerprint density at radius 1 is 0.957 bits per heavy atom. The van der Waals surface area contributed by atoms with Gasteiger partial charge in [0.2, 0.25) is 0 Å². The van der Waals surface area contributed by atoms with Gasteiger partial charge in [-0.3, -0.25) is 14.5 Å². The molecular weight excluding hydrogens is 314 g/mol. The van der Waals surface area contributed by atoms with Crippen LogP contribution in [-0.4, -0.2) is 52.4 Å². The molecule has 0 saturated heterocycles. The summed E-state index contributed by atoms with van der Waals surface area (Å²) in [6, 6.07) is 14.5. The zero-order valence-electron chi connectivity index (χ0n) is 12.6. The molecule has 2 N–H and O–H groups in total. The van der Waals surface area contributed by atoms with E-state index in [1.54, 1.807) is 11.8 Å². The minimum Gasteiger partial charge on any atom is -0.480 e. The smallest absolute Gasteiger partial charge is 0.317 e. The Morgan fingerprint density at radius 2 is 1.61 bits per heavy atom. The lowest BCUT2D eigenvalue weighted by Crippen LogP contribution is -2.36. The van der Waals surface area contributed by atoms with Crippen LogP contribution in [0.3, 0.4) is 0 Å². The third kappa shape index (κ3) is 5.92. The summed E-state index contributed by atoms with van der Waals surface area (Å²) >= 11 is 1.67. The number of benzene rings is 2. The first-order valence-electron chi connectivity index (χ1n) is 7.26. The summed E-state index contributed by atoms with van der Waals surface area (Å²) < 4.78 is 0. The fourth-order valence-electron chi connectivity index (χ4n) is 2.31. The van der Waals surface area contributed by atoms with Crippen molar-refractivity contribution < 1.29 is 19.8 Å². The lowest BCUT2D eigenvalue weighted by atomic mass is 10.1. The van der Waals surface area contributed by atoms with Crippen LogP contribution in [0.25, 0.3) is 10.8 Å². The Hall–Kier alpha value is -2.05. The number of nitrogens with zero attached hydrogens (tertiary/aromatic N) is 1. The van der Waals surface area contributed by atoms with Crippen molar-refractivity contribution in [3.05, 3.63) is 48.0 Å². The Labute approximate surface area is 138 Å². The lowest BCUT2D eigenvalue weighted by Gasteiger charge is -2.17. The molecule has 0 fully saturated rings. The fraction of sp³-hybridized carbons (Fsp3) is 0.294. The summed E-state index contributed by atoms with van der Waals surface area (Å²) in [6.45, 7) is -0.0531. The van der Waals surface area contributed by atoms with Crippen molar-refractivity contribution in [1.82, 2.24) is 4.90 Å². The second-order valence-corrected chi connectivity index (χ2v) is 6.34. The van der Waals surface area contributed by atoms with Crippen molar-refractivity contribution in [2.24, 2.45) is 0 Å². The second-order valence-electron chi connectivity index (χ2n) is 5.23. The number of fused-ring (bicyclic) bond motifs is 1. The van der Waals surface area contributed by atoms with Gasteiger partial charge in [0.05, 0.1) is 13.1 Å². The number of carboxylic acid groups (broad SMARTS) is 2. The van der Waals surface area contributed by atoms with Crippen LogP contribution < -0.4 is 0 Å². The highest BCUT2D eigenvalue weighted by atomic mass is 32.2. The van der Waals surface area contributed by atoms with E-state index in [4.69, 9.17) is 10.2 Å². The molecular formula is C17H19NO4S. The van der Waals surface area contributed by atoms with Gasteiger partial charge in [0.25, 0.3) is 0 Å². The zero-order chi connectivity index (χ0) is 16.7. The van der Waals surface area contributed by atoms with E-state index in [0.29, 0.717) is 12.3 Å². The van der Waals surface area contributed by atoms with Gasteiger partial charge in [-0.25, -0.2) is 0 Å². The molecule has 23 heavy (non-hydrogen) atoms. The molecule has 2 rings (SSSR count). The molecule has 2 aromatic rings. The number of carbonyl (C=O) groups is 2. The Bertz CT molecular complexity index is 673. The molecule has 0 unspecified atom stereocenters. The first-order chi connectivity index (χ1) is 11.0. The van der Waals surface area contributed by atoms with E-state index in [-0.39, 0.29) is 13.1 Å². The third-order valence-electron chi connectivity index (χ3n) is 3.35. The normalized spacial score (nSPS) is 11.0. The number of rotatable bonds is 9. The van der Waals surface area contributed by atoms with Gasteiger partial charge < -0.3 is 10.2 Å². The van der Waals surface area contributed by atoms with Crippen molar-refractivity contribution in [1.29, 1.82) is 0 Å². The van der Waals surface area contributed by atoms with Crippen LogP contribution in [0.1, 0.15) is 5.56 Å². The van der Waals surface area contributed by atoms with Crippen molar-refractivity contribution in [2.45, 2.75) is 5.75 Å². The predicted octanol–water partition coefficient (Wildman–Crippen LogP) is 2.54. The molecule has 0 aromatic heterocycles. The summed E-state index contributed by atoms with van der Waals surface area (Å²) in [7, 11) is 0. The van der Waals surface area contributed by atoms with E-state index < -0.39 is 11.9 Å². The van der Waals surface area contributed by atoms with Gasteiger partial charge in [-0.15, -0.1) is 0 Å². The van der Waals surface area contributed by atoms with Gasteiger partial charge in [-0.05, 0) is 16.3 Å². The molecule has 0 aliphatic heterocycles. The lowest BCUT2D eigenvalue weighted by molar-refractivity contribution is -0.141. The summed E-state index contributed by atoms with van der Waals surface area (Å²) in [5.41, 5.74) is 1.21. The van der Waals surface area contributed by atoms with E-state index in [1.807, 2.05) is 12.1 Å². The SMILES string of the molecule is O=C(O)CN(CCSCc1ccc2ccccc2c1)CC(=O)O. The van der Waals surface area contributed by atoms with E-state index in [2.05, 4.69) is 30.3 Å². The molecule has 0 saturated carbocycles. The molecule has 0 aliphatic rings. The van der Waals surface area contributed by atoms with Gasteiger partial charge in [0, 0.05) is 18.1 Å². The van der Waals surface area contributed by atoms with Crippen LogP contribution in [-0.2, 0) is 15.3 Å². The van der Waals surface area contributed by atoms with Crippen LogP contribution in [0.4, 0.5) is 0 Å². The highest BCUT2D eigenvalue weighted by molar-refractivity contribution is 7.98. The monoisotopic (exact) mass is 333 g/mol. The molecule has 5 nitrogen and oxygen atoms in total. The minimum absolute atomic E-state index is 0.247. The zero-order valence-corrected chi connectivity index (χ0v) is 13.5. The molecule has 2 aromatic carbocycles. The number of aliphatic carboxylic acids is 2. The minimum atomic E-state index is -1.01. The molecule has 0 heterocycles. The van der Waals surface area contributed by atoms with Crippen LogP contribution in [0.15, 0.2) is 42.5 Å². The summed E-state index contributed by atoms with van der Waals surface area (Å²) in [6.07, 6.45) is 0. The molecule has 0 bridgehead atoms. The molecule has 122 valence electrons. The largest absolute Gasteiger partial charge is 0.480 e. The maximum Gasteiger partial charge on any atom is 0.317 e. The molecule has 0 aliphatic carbocycles. The first kappa shape index (κ1) is 17.3. The van der Waals surface area contributed by atoms with E-state index >= 15 is 0 Å². The van der Waals surface area contributed by atoms with E-state index in [1.165, 1.54) is 21.2 Å². The van der Waals surface area contributed by atoms with Crippen LogP contribution in [0.2, 0.25) is 0 Å². The maximum absolute atomic E-state index is 10.7. The summed E-state index contributed by atoms with van der Waals surface area (Å²) in [5, 5.41) is 20.0. The Morgan fingerprint density at radius 3 is 2.26 bits per heavy atom. The molecule has 0 amide bonds. The summed E-state index contributed by atoms with van der Waals surface area (Å²) in [5.74, 6) is -0.511. The number of hydrogen-bond acceptors (Lipinski definition) is 4. The van der Waals surface area contributed by atoms with Crippen LogP contribution in [0.5, 0.6) is 0 Å². The average Bonchev–Trinajstić information content (AvgIpc) is 2.50. The van der Waals surface area contributed by atoms with E-state index in [0.717, 1.165) is 5.75 Å². The molecule has 0 atom stereocenters.